The molecule has 4 nitrogen and oxygen atoms in total. The van der Waals surface area contributed by atoms with Crippen molar-refractivity contribution in [2.75, 3.05) is 11.0 Å². The zero-order chi connectivity index (χ0) is 15.1. The van der Waals surface area contributed by atoms with E-state index in [2.05, 4.69) is 41.8 Å². The lowest BCUT2D eigenvalue weighted by Gasteiger charge is -2.32. The van der Waals surface area contributed by atoms with E-state index in [1.807, 2.05) is 27.7 Å². The highest BCUT2D eigenvalue weighted by atomic mass is 127. The van der Waals surface area contributed by atoms with Crippen molar-refractivity contribution in [1.29, 1.82) is 0 Å². The number of hydrogen-bond donors (Lipinski definition) is 1. The summed E-state index contributed by atoms with van der Waals surface area (Å²) in [6, 6.07) is 0. The Morgan fingerprint density at radius 3 is 2.11 bits per heavy atom. The largest absolute Gasteiger partial charge is 0.444 e. The maximum Gasteiger partial charge on any atom is 0.407 e. The molecule has 0 fully saturated rings. The monoisotopic (exact) mass is 385 g/mol. The van der Waals surface area contributed by atoms with Crippen LogP contribution in [0.3, 0.4) is 0 Å². The Kier molecular flexibility index (Phi) is 8.27. The van der Waals surface area contributed by atoms with Gasteiger partial charge in [-0.05, 0) is 40.5 Å². The minimum Gasteiger partial charge on any atom is -0.444 e. The Bertz CT molecular complexity index is 274. The number of carbonyl (C=O) groups is 1. The first-order valence-electron chi connectivity index (χ1n) is 6.86. The van der Waals surface area contributed by atoms with Crippen LogP contribution in [0.5, 0.6) is 0 Å². The van der Waals surface area contributed by atoms with Crippen LogP contribution in [-0.4, -0.2) is 34.4 Å². The van der Waals surface area contributed by atoms with Crippen molar-refractivity contribution < 1.29 is 14.3 Å². The van der Waals surface area contributed by atoms with Gasteiger partial charge in [-0.25, -0.2) is 4.79 Å². The highest BCUT2D eigenvalue weighted by molar-refractivity contribution is 14.1. The van der Waals surface area contributed by atoms with E-state index in [1.54, 1.807) is 0 Å². The van der Waals surface area contributed by atoms with Crippen LogP contribution >= 0.6 is 22.6 Å². The second-order valence-electron chi connectivity index (χ2n) is 6.00. The summed E-state index contributed by atoms with van der Waals surface area (Å²) in [6.45, 7) is 12.3. The number of hydrogen-bond acceptors (Lipinski definition) is 3. The molecule has 0 aliphatic carbocycles. The van der Waals surface area contributed by atoms with Gasteiger partial charge in [0.1, 0.15) is 5.60 Å². The van der Waals surface area contributed by atoms with Gasteiger partial charge in [-0.15, -0.1) is 0 Å². The van der Waals surface area contributed by atoms with Gasteiger partial charge in [0, 0.05) is 4.43 Å². The van der Waals surface area contributed by atoms with Gasteiger partial charge in [0.05, 0.1) is 18.2 Å². The predicted molar refractivity (Wildman–Crippen MR) is 87.0 cm³/mol. The zero-order valence-electron chi connectivity index (χ0n) is 13.0. The lowest BCUT2D eigenvalue weighted by Crippen LogP contribution is -2.47. The summed E-state index contributed by atoms with van der Waals surface area (Å²) < 4.78 is 12.1. The Morgan fingerprint density at radius 1 is 1.21 bits per heavy atom. The smallest absolute Gasteiger partial charge is 0.407 e. The zero-order valence-corrected chi connectivity index (χ0v) is 15.2. The number of carbonyl (C=O) groups excluding carboxylic acids is 1. The average Bonchev–Trinajstić information content (AvgIpc) is 2.31. The van der Waals surface area contributed by atoms with Gasteiger partial charge < -0.3 is 14.8 Å². The molecule has 0 heterocycles. The highest BCUT2D eigenvalue weighted by Crippen LogP contribution is 2.19. The standard InChI is InChI=1S/C14H28INO3/c1-7-11(8-2)18-14(6,9-15)10-16-12(17)19-13(3,4)5/h11H,7-10H2,1-6H3,(H,16,17). The summed E-state index contributed by atoms with van der Waals surface area (Å²) in [5.41, 5.74) is -0.824. The van der Waals surface area contributed by atoms with Gasteiger partial charge in [0.2, 0.25) is 0 Å². The summed E-state index contributed by atoms with van der Waals surface area (Å²) in [5, 5.41) is 2.79. The van der Waals surface area contributed by atoms with Crippen LogP contribution in [0.4, 0.5) is 4.79 Å². The number of ether oxygens (including phenoxy) is 2. The first kappa shape index (κ1) is 19.0. The maximum atomic E-state index is 11.7. The normalized spacial score (nSPS) is 15.2. The van der Waals surface area contributed by atoms with Gasteiger partial charge in [0.25, 0.3) is 0 Å². The molecular formula is C14H28INO3. The lowest BCUT2D eigenvalue weighted by molar-refractivity contribution is -0.0679. The average molecular weight is 385 g/mol. The van der Waals surface area contributed by atoms with E-state index in [0.717, 1.165) is 17.3 Å². The molecule has 0 spiro atoms. The second kappa shape index (κ2) is 8.29. The number of alkyl carbamates (subject to hydrolysis) is 1. The molecular weight excluding hydrogens is 357 g/mol. The molecule has 5 heteroatoms. The molecule has 1 amide bonds. The van der Waals surface area contributed by atoms with Crippen molar-refractivity contribution in [2.45, 2.75) is 71.7 Å². The van der Waals surface area contributed by atoms with Gasteiger partial charge >= 0.3 is 6.09 Å². The van der Waals surface area contributed by atoms with Crippen LogP contribution in [0, 0.1) is 0 Å². The van der Waals surface area contributed by atoms with E-state index in [4.69, 9.17) is 9.47 Å². The molecule has 0 aromatic rings. The maximum absolute atomic E-state index is 11.7. The fourth-order valence-electron chi connectivity index (χ4n) is 1.55. The molecule has 1 atom stereocenters. The van der Waals surface area contributed by atoms with Crippen molar-refractivity contribution in [3.63, 3.8) is 0 Å². The van der Waals surface area contributed by atoms with Gasteiger partial charge in [0.15, 0.2) is 0 Å². The Labute approximate surface area is 131 Å². The molecule has 114 valence electrons. The fraction of sp³-hybridized carbons (Fsp3) is 0.929. The van der Waals surface area contributed by atoms with Crippen LogP contribution in [0.15, 0.2) is 0 Å². The molecule has 19 heavy (non-hydrogen) atoms. The Morgan fingerprint density at radius 2 is 1.74 bits per heavy atom. The van der Waals surface area contributed by atoms with E-state index in [-0.39, 0.29) is 11.7 Å². The number of halogens is 1. The van der Waals surface area contributed by atoms with Crippen LogP contribution in [0.2, 0.25) is 0 Å². The molecule has 0 radical (unpaired) electrons. The Hall–Kier alpha value is -0.0400. The molecule has 0 bridgehead atoms. The lowest BCUT2D eigenvalue weighted by atomic mass is 10.1. The SMILES string of the molecule is CCC(CC)OC(C)(CI)CNC(=O)OC(C)(C)C. The molecule has 0 saturated heterocycles. The quantitative estimate of drug-likeness (QED) is 0.534. The minimum absolute atomic E-state index is 0.236. The molecule has 0 rings (SSSR count). The molecule has 0 aliphatic heterocycles. The van der Waals surface area contributed by atoms with E-state index in [9.17, 15) is 4.79 Å². The number of alkyl halides is 1. The second-order valence-corrected chi connectivity index (χ2v) is 6.76. The molecule has 0 aliphatic rings. The van der Waals surface area contributed by atoms with Crippen LogP contribution in [0.25, 0.3) is 0 Å². The summed E-state index contributed by atoms with van der Waals surface area (Å²) in [5.74, 6) is 0. The molecule has 0 aromatic heterocycles. The molecule has 1 N–H and O–H groups in total. The van der Waals surface area contributed by atoms with Crippen molar-refractivity contribution >= 4 is 28.7 Å². The topological polar surface area (TPSA) is 47.6 Å². The van der Waals surface area contributed by atoms with Gasteiger partial charge in [-0.3, -0.25) is 0 Å². The minimum atomic E-state index is -0.471. The first-order valence-corrected chi connectivity index (χ1v) is 8.39. The Balaban J connectivity index is 4.35. The van der Waals surface area contributed by atoms with Crippen molar-refractivity contribution in [3.8, 4) is 0 Å². The van der Waals surface area contributed by atoms with Crippen molar-refractivity contribution in [2.24, 2.45) is 0 Å². The third-order valence-electron chi connectivity index (χ3n) is 2.65. The van der Waals surface area contributed by atoms with Crippen LogP contribution < -0.4 is 5.32 Å². The summed E-state index contributed by atoms with van der Waals surface area (Å²) in [4.78, 5) is 11.7. The van der Waals surface area contributed by atoms with Crippen molar-refractivity contribution in [1.82, 2.24) is 5.32 Å². The van der Waals surface area contributed by atoms with E-state index < -0.39 is 11.7 Å². The van der Waals surface area contributed by atoms with Crippen LogP contribution in [0.1, 0.15) is 54.4 Å². The first-order chi connectivity index (χ1) is 8.65. The molecule has 0 aromatic carbocycles. The number of amides is 1. The van der Waals surface area contributed by atoms with E-state index in [1.165, 1.54) is 0 Å². The fourth-order valence-corrected chi connectivity index (χ4v) is 2.00. The predicted octanol–water partition coefficient (Wildman–Crippen LogP) is 3.91. The number of nitrogens with one attached hydrogen (secondary N) is 1. The van der Waals surface area contributed by atoms with Gasteiger partial charge in [-0.2, -0.15) is 0 Å². The van der Waals surface area contributed by atoms with Crippen molar-refractivity contribution in [3.05, 3.63) is 0 Å². The van der Waals surface area contributed by atoms with Crippen LogP contribution in [-0.2, 0) is 9.47 Å². The highest BCUT2D eigenvalue weighted by Gasteiger charge is 2.28. The van der Waals surface area contributed by atoms with Gasteiger partial charge in [-0.1, -0.05) is 36.4 Å². The summed E-state index contributed by atoms with van der Waals surface area (Å²) in [6.07, 6.45) is 1.81. The molecule has 0 saturated carbocycles. The molecule has 1 unspecified atom stereocenters. The summed E-state index contributed by atoms with van der Waals surface area (Å²) >= 11 is 2.29. The van der Waals surface area contributed by atoms with E-state index in [0.29, 0.717) is 6.54 Å². The number of rotatable bonds is 7. The third kappa shape index (κ3) is 8.68. The van der Waals surface area contributed by atoms with E-state index >= 15 is 0 Å². The third-order valence-corrected chi connectivity index (χ3v) is 4.26. The summed E-state index contributed by atoms with van der Waals surface area (Å²) in [7, 11) is 0.